The molecule has 6 nitrogen and oxygen atoms in total. The van der Waals surface area contributed by atoms with E-state index in [1.807, 2.05) is 0 Å². The van der Waals surface area contributed by atoms with Gasteiger partial charge in [-0.3, -0.25) is 4.72 Å². The van der Waals surface area contributed by atoms with E-state index in [2.05, 4.69) is 30.0 Å². The highest BCUT2D eigenvalue weighted by atomic mass is 32.2. The van der Waals surface area contributed by atoms with E-state index in [4.69, 9.17) is 0 Å². The Morgan fingerprint density at radius 2 is 2.04 bits per heavy atom. The van der Waals surface area contributed by atoms with Gasteiger partial charge in [-0.25, -0.2) is 32.5 Å². The Labute approximate surface area is 150 Å². The average Bonchev–Trinajstić information content (AvgIpc) is 3.02. The third-order valence-corrected chi connectivity index (χ3v) is 4.10. The van der Waals surface area contributed by atoms with Gasteiger partial charge in [-0.05, 0) is 6.07 Å². The SMILES string of the molecule is Fc1cnc2[nH]cc(-c3ncc(F)c(NCCSNCC(F)F)n3)c2c1. The first-order valence-electron chi connectivity index (χ1n) is 7.57. The third kappa shape index (κ3) is 4.41. The molecule has 0 aliphatic rings. The lowest BCUT2D eigenvalue weighted by atomic mass is 10.2. The number of fused-ring (bicyclic) bond motifs is 1. The molecule has 0 saturated heterocycles. The third-order valence-electron chi connectivity index (χ3n) is 3.32. The Hall–Kier alpha value is -2.40. The standard InChI is InChI=1S/C15H14F4N6S/c16-8-3-9-10(5-22-13(9)21-4-8)14-23-6-11(17)15(25-14)20-1-2-26-24-7-12(18)19/h3-6,12,24H,1-2,7H2,(H,21,22)(H,20,23,25). The fourth-order valence-electron chi connectivity index (χ4n) is 2.20. The lowest BCUT2D eigenvalue weighted by molar-refractivity contribution is 0.154. The van der Waals surface area contributed by atoms with Crippen LogP contribution in [0.2, 0.25) is 0 Å². The molecule has 138 valence electrons. The van der Waals surface area contributed by atoms with E-state index in [0.29, 0.717) is 28.9 Å². The number of aromatic nitrogens is 4. The topological polar surface area (TPSA) is 78.5 Å². The van der Waals surface area contributed by atoms with Crippen LogP contribution in [0.5, 0.6) is 0 Å². The lowest BCUT2D eigenvalue weighted by Gasteiger charge is -2.08. The maximum absolute atomic E-state index is 13.9. The molecule has 0 radical (unpaired) electrons. The molecular weight excluding hydrogens is 372 g/mol. The van der Waals surface area contributed by atoms with E-state index in [1.165, 1.54) is 6.07 Å². The van der Waals surface area contributed by atoms with Crippen molar-refractivity contribution in [1.29, 1.82) is 0 Å². The number of H-pyrrole nitrogens is 1. The Morgan fingerprint density at radius 1 is 1.19 bits per heavy atom. The molecule has 0 spiro atoms. The molecule has 3 aromatic rings. The fourth-order valence-corrected chi connectivity index (χ4v) is 2.79. The highest BCUT2D eigenvalue weighted by Gasteiger charge is 2.13. The summed E-state index contributed by atoms with van der Waals surface area (Å²) in [5.41, 5.74) is 0.952. The minimum Gasteiger partial charge on any atom is -0.367 e. The van der Waals surface area contributed by atoms with Gasteiger partial charge in [0.15, 0.2) is 17.5 Å². The number of rotatable bonds is 8. The van der Waals surface area contributed by atoms with Crippen molar-refractivity contribution < 1.29 is 17.6 Å². The summed E-state index contributed by atoms with van der Waals surface area (Å²) in [7, 11) is 0. The van der Waals surface area contributed by atoms with Gasteiger partial charge in [0.1, 0.15) is 11.5 Å². The Bertz CT molecular complexity index is 888. The van der Waals surface area contributed by atoms with Gasteiger partial charge in [-0.1, -0.05) is 11.9 Å². The minimum absolute atomic E-state index is 0.0248. The van der Waals surface area contributed by atoms with Gasteiger partial charge in [-0.2, -0.15) is 0 Å². The molecule has 3 rings (SSSR count). The van der Waals surface area contributed by atoms with Crippen LogP contribution in [0, 0.1) is 11.6 Å². The molecule has 0 amide bonds. The summed E-state index contributed by atoms with van der Waals surface area (Å²) in [6.45, 7) is -0.111. The van der Waals surface area contributed by atoms with E-state index in [1.54, 1.807) is 6.20 Å². The van der Waals surface area contributed by atoms with E-state index >= 15 is 0 Å². The number of hydrogen-bond acceptors (Lipinski definition) is 6. The van der Waals surface area contributed by atoms with Crippen molar-refractivity contribution in [3.8, 4) is 11.4 Å². The maximum atomic E-state index is 13.9. The predicted octanol–water partition coefficient (Wildman–Crippen LogP) is 3.21. The Balaban J connectivity index is 1.70. The summed E-state index contributed by atoms with van der Waals surface area (Å²) in [6, 6.07) is 1.29. The molecule has 0 atom stereocenters. The highest BCUT2D eigenvalue weighted by Crippen LogP contribution is 2.26. The van der Waals surface area contributed by atoms with Gasteiger partial charge in [0.05, 0.1) is 18.9 Å². The molecule has 26 heavy (non-hydrogen) atoms. The van der Waals surface area contributed by atoms with E-state index in [-0.39, 0.29) is 11.6 Å². The second kappa shape index (κ2) is 8.32. The number of halogens is 4. The molecule has 0 aromatic carbocycles. The Kier molecular flexibility index (Phi) is 5.89. The molecule has 11 heteroatoms. The van der Waals surface area contributed by atoms with Gasteiger partial charge < -0.3 is 10.3 Å². The molecule has 0 bridgehead atoms. The van der Waals surface area contributed by atoms with Gasteiger partial charge in [-0.15, -0.1) is 0 Å². The van der Waals surface area contributed by atoms with Crippen LogP contribution in [0.4, 0.5) is 23.4 Å². The second-order valence-electron chi connectivity index (χ2n) is 5.16. The van der Waals surface area contributed by atoms with Gasteiger partial charge >= 0.3 is 0 Å². The number of anilines is 1. The molecule has 0 unspecified atom stereocenters. The van der Waals surface area contributed by atoms with Crippen molar-refractivity contribution in [3.63, 3.8) is 0 Å². The highest BCUT2D eigenvalue weighted by molar-refractivity contribution is 7.97. The van der Waals surface area contributed by atoms with Crippen molar-refractivity contribution >= 4 is 28.8 Å². The van der Waals surface area contributed by atoms with Gasteiger partial charge in [0.2, 0.25) is 0 Å². The van der Waals surface area contributed by atoms with Gasteiger partial charge in [0.25, 0.3) is 6.43 Å². The van der Waals surface area contributed by atoms with Crippen molar-refractivity contribution in [3.05, 3.63) is 36.3 Å². The first-order chi connectivity index (χ1) is 12.5. The maximum Gasteiger partial charge on any atom is 0.251 e. The largest absolute Gasteiger partial charge is 0.367 e. The van der Waals surface area contributed by atoms with E-state index in [0.717, 1.165) is 24.3 Å². The molecule has 0 saturated carbocycles. The average molecular weight is 386 g/mol. The second-order valence-corrected chi connectivity index (χ2v) is 6.14. The van der Waals surface area contributed by atoms with Crippen LogP contribution in [-0.2, 0) is 0 Å². The first-order valence-corrected chi connectivity index (χ1v) is 8.55. The fraction of sp³-hybridized carbons (Fsp3) is 0.267. The van der Waals surface area contributed by atoms with Gasteiger partial charge in [0, 0.05) is 29.4 Å². The zero-order chi connectivity index (χ0) is 18.5. The molecule has 3 aromatic heterocycles. The first kappa shape index (κ1) is 18.4. The molecule has 3 N–H and O–H groups in total. The van der Waals surface area contributed by atoms with Crippen molar-refractivity contribution in [1.82, 2.24) is 24.7 Å². The van der Waals surface area contributed by atoms with Crippen molar-refractivity contribution in [2.24, 2.45) is 0 Å². The molecule has 0 aliphatic heterocycles. The number of aromatic amines is 1. The quantitative estimate of drug-likeness (QED) is 0.314. The van der Waals surface area contributed by atoms with Crippen LogP contribution < -0.4 is 10.0 Å². The molecule has 0 fully saturated rings. The van der Waals surface area contributed by atoms with Crippen molar-refractivity contribution in [2.45, 2.75) is 6.43 Å². The normalized spacial score (nSPS) is 11.4. The Morgan fingerprint density at radius 3 is 2.85 bits per heavy atom. The summed E-state index contributed by atoms with van der Waals surface area (Å²) in [5.74, 6) is -0.553. The number of nitrogens with zero attached hydrogens (tertiary/aromatic N) is 3. The van der Waals surface area contributed by atoms with Crippen LogP contribution in [0.25, 0.3) is 22.4 Å². The smallest absolute Gasteiger partial charge is 0.251 e. The number of alkyl halides is 2. The molecule has 0 aliphatic carbocycles. The summed E-state index contributed by atoms with van der Waals surface area (Å²) in [4.78, 5) is 14.9. The van der Waals surface area contributed by atoms with E-state index in [9.17, 15) is 17.6 Å². The molecule has 3 heterocycles. The van der Waals surface area contributed by atoms with Crippen LogP contribution >= 0.6 is 11.9 Å². The minimum atomic E-state index is -2.42. The molecular formula is C15H14F4N6S. The number of nitrogens with one attached hydrogen (secondary N) is 3. The van der Waals surface area contributed by atoms with Crippen LogP contribution in [0.1, 0.15) is 0 Å². The predicted molar refractivity (Wildman–Crippen MR) is 92.0 cm³/mol. The zero-order valence-corrected chi connectivity index (χ0v) is 14.1. The summed E-state index contributed by atoms with van der Waals surface area (Å²) in [6.07, 6.45) is 1.24. The monoisotopic (exact) mass is 386 g/mol. The van der Waals surface area contributed by atoms with Crippen LogP contribution in [-0.4, -0.2) is 45.2 Å². The summed E-state index contributed by atoms with van der Waals surface area (Å²) in [5, 5.41) is 3.27. The summed E-state index contributed by atoms with van der Waals surface area (Å²) < 4.78 is 53.8. The van der Waals surface area contributed by atoms with Crippen molar-refractivity contribution in [2.75, 3.05) is 24.2 Å². The number of pyridine rings is 1. The zero-order valence-electron chi connectivity index (χ0n) is 13.3. The number of hydrogen-bond donors (Lipinski definition) is 3. The van der Waals surface area contributed by atoms with Crippen LogP contribution in [0.3, 0.4) is 0 Å². The summed E-state index contributed by atoms with van der Waals surface area (Å²) >= 11 is 1.10. The lowest BCUT2D eigenvalue weighted by Crippen LogP contribution is -2.17. The van der Waals surface area contributed by atoms with Crippen LogP contribution in [0.15, 0.2) is 24.7 Å². The van der Waals surface area contributed by atoms with E-state index < -0.39 is 24.6 Å².